The van der Waals surface area contributed by atoms with Gasteiger partial charge < -0.3 is 10.2 Å². The third-order valence-electron chi connectivity index (χ3n) is 3.09. The Bertz CT molecular complexity index is 146. The minimum absolute atomic E-state index is 0.753. The van der Waals surface area contributed by atoms with E-state index in [0.29, 0.717) is 0 Å². The molecule has 11 heavy (non-hydrogen) atoms. The molecule has 0 saturated carbocycles. The highest BCUT2D eigenvalue weighted by Crippen LogP contribution is 2.25. The van der Waals surface area contributed by atoms with E-state index in [1.165, 1.54) is 25.9 Å². The van der Waals surface area contributed by atoms with Crippen LogP contribution in [0.2, 0.25) is 0 Å². The van der Waals surface area contributed by atoms with Crippen LogP contribution in [0.3, 0.4) is 0 Å². The highest BCUT2D eigenvalue weighted by atomic mass is 15.2. The Morgan fingerprint density at radius 3 is 2.91 bits per heavy atom. The van der Waals surface area contributed by atoms with E-state index in [1.807, 2.05) is 0 Å². The van der Waals surface area contributed by atoms with E-state index >= 15 is 0 Å². The van der Waals surface area contributed by atoms with Crippen LogP contribution in [-0.4, -0.2) is 37.1 Å². The maximum absolute atomic E-state index is 3.67. The highest BCUT2D eigenvalue weighted by Gasteiger charge is 2.34. The minimum atomic E-state index is 0.753. The van der Waals surface area contributed by atoms with Gasteiger partial charge in [0.2, 0.25) is 0 Å². The second-order valence-electron chi connectivity index (χ2n) is 4.23. The Hall–Kier alpha value is -0.0800. The van der Waals surface area contributed by atoms with E-state index in [4.69, 9.17) is 0 Å². The smallest absolute Gasteiger partial charge is 0.0237 e. The van der Waals surface area contributed by atoms with Crippen molar-refractivity contribution in [3.63, 3.8) is 0 Å². The van der Waals surface area contributed by atoms with Gasteiger partial charge in [-0.05, 0) is 32.7 Å². The monoisotopic (exact) mass is 154 g/mol. The molecule has 0 aromatic rings. The fourth-order valence-electron chi connectivity index (χ4n) is 2.48. The number of nitrogens with one attached hydrogen (secondary N) is 1. The lowest BCUT2D eigenvalue weighted by atomic mass is 9.91. The molecule has 2 heteroatoms. The molecule has 0 radical (unpaired) electrons. The van der Waals surface area contributed by atoms with Crippen molar-refractivity contribution in [2.45, 2.75) is 31.8 Å². The van der Waals surface area contributed by atoms with Gasteiger partial charge in [-0.25, -0.2) is 0 Å². The number of fused-ring (bicyclic) bond motifs is 1. The van der Waals surface area contributed by atoms with Gasteiger partial charge in [0.05, 0.1) is 0 Å². The summed E-state index contributed by atoms with van der Waals surface area (Å²) in [4.78, 5) is 2.44. The standard InChI is InChI=1S/C9H18N2/c1-7-3-4-8-5-11(2)6-9(8)10-7/h7-10H,3-6H2,1-2H3. The molecule has 0 aromatic carbocycles. The lowest BCUT2D eigenvalue weighted by molar-refractivity contribution is 0.286. The van der Waals surface area contributed by atoms with E-state index in [0.717, 1.165) is 18.0 Å². The van der Waals surface area contributed by atoms with Crippen LogP contribution >= 0.6 is 0 Å². The summed E-state index contributed by atoms with van der Waals surface area (Å²) in [6.45, 7) is 4.87. The minimum Gasteiger partial charge on any atom is -0.310 e. The highest BCUT2D eigenvalue weighted by molar-refractivity contribution is 4.92. The van der Waals surface area contributed by atoms with Crippen LogP contribution in [-0.2, 0) is 0 Å². The van der Waals surface area contributed by atoms with Gasteiger partial charge in [0.25, 0.3) is 0 Å². The first-order valence-corrected chi connectivity index (χ1v) is 4.70. The molecule has 0 spiro atoms. The zero-order valence-electron chi connectivity index (χ0n) is 7.51. The summed E-state index contributed by atoms with van der Waals surface area (Å²) in [5, 5.41) is 3.67. The van der Waals surface area contributed by atoms with Crippen LogP contribution in [0, 0.1) is 5.92 Å². The van der Waals surface area contributed by atoms with Gasteiger partial charge in [0, 0.05) is 25.2 Å². The van der Waals surface area contributed by atoms with Gasteiger partial charge in [-0.3, -0.25) is 0 Å². The Labute approximate surface area is 69.0 Å². The number of piperidine rings is 1. The second kappa shape index (κ2) is 2.76. The van der Waals surface area contributed by atoms with Crippen LogP contribution in [0.1, 0.15) is 19.8 Å². The molecular weight excluding hydrogens is 136 g/mol. The summed E-state index contributed by atoms with van der Waals surface area (Å²) < 4.78 is 0. The normalized spacial score (nSPS) is 45.8. The zero-order chi connectivity index (χ0) is 7.84. The third-order valence-corrected chi connectivity index (χ3v) is 3.09. The Morgan fingerprint density at radius 1 is 1.27 bits per heavy atom. The van der Waals surface area contributed by atoms with Crippen molar-refractivity contribution in [2.75, 3.05) is 20.1 Å². The molecule has 2 nitrogen and oxygen atoms in total. The topological polar surface area (TPSA) is 15.3 Å². The average Bonchev–Trinajstić information content (AvgIpc) is 2.27. The van der Waals surface area contributed by atoms with Crippen LogP contribution < -0.4 is 5.32 Å². The molecule has 2 rings (SSSR count). The molecule has 2 heterocycles. The molecule has 0 amide bonds. The van der Waals surface area contributed by atoms with Crippen LogP contribution in [0.5, 0.6) is 0 Å². The molecule has 0 aromatic heterocycles. The molecule has 3 atom stereocenters. The van der Waals surface area contributed by atoms with Crippen LogP contribution in [0.4, 0.5) is 0 Å². The second-order valence-corrected chi connectivity index (χ2v) is 4.23. The first kappa shape index (κ1) is 7.56. The van der Waals surface area contributed by atoms with Gasteiger partial charge in [0.15, 0.2) is 0 Å². The van der Waals surface area contributed by atoms with Crippen molar-refractivity contribution in [3.05, 3.63) is 0 Å². The van der Waals surface area contributed by atoms with Crippen molar-refractivity contribution in [1.29, 1.82) is 0 Å². The SMILES string of the molecule is CC1CCC2CN(C)CC2N1. The van der Waals surface area contributed by atoms with Crippen molar-refractivity contribution >= 4 is 0 Å². The number of likely N-dealkylation sites (tertiary alicyclic amines) is 1. The maximum Gasteiger partial charge on any atom is 0.0237 e. The van der Waals surface area contributed by atoms with E-state index in [1.54, 1.807) is 0 Å². The number of likely N-dealkylation sites (N-methyl/N-ethyl adjacent to an activating group) is 1. The largest absolute Gasteiger partial charge is 0.310 e. The van der Waals surface area contributed by atoms with Crippen molar-refractivity contribution in [1.82, 2.24) is 10.2 Å². The molecule has 2 saturated heterocycles. The number of nitrogens with zero attached hydrogens (tertiary/aromatic N) is 1. The molecule has 64 valence electrons. The van der Waals surface area contributed by atoms with Crippen molar-refractivity contribution in [2.24, 2.45) is 5.92 Å². The van der Waals surface area contributed by atoms with Crippen LogP contribution in [0.25, 0.3) is 0 Å². The van der Waals surface area contributed by atoms with Gasteiger partial charge in [-0.1, -0.05) is 0 Å². The predicted octanol–water partition coefficient (Wildman–Crippen LogP) is 0.688. The summed E-state index contributed by atoms with van der Waals surface area (Å²) in [5.41, 5.74) is 0. The van der Waals surface area contributed by atoms with Gasteiger partial charge in [0.1, 0.15) is 0 Å². The van der Waals surface area contributed by atoms with E-state index in [2.05, 4.69) is 24.2 Å². The fourth-order valence-corrected chi connectivity index (χ4v) is 2.48. The van der Waals surface area contributed by atoms with Crippen LogP contribution in [0.15, 0.2) is 0 Å². The summed E-state index contributed by atoms with van der Waals surface area (Å²) in [6, 6.07) is 1.55. The molecule has 0 bridgehead atoms. The van der Waals surface area contributed by atoms with Crippen molar-refractivity contribution in [3.8, 4) is 0 Å². The van der Waals surface area contributed by atoms with E-state index < -0.39 is 0 Å². The van der Waals surface area contributed by atoms with Gasteiger partial charge >= 0.3 is 0 Å². The summed E-state index contributed by atoms with van der Waals surface area (Å²) >= 11 is 0. The quantitative estimate of drug-likeness (QED) is 0.552. The zero-order valence-corrected chi connectivity index (χ0v) is 7.51. The molecule has 1 N–H and O–H groups in total. The first-order chi connectivity index (χ1) is 5.25. The fraction of sp³-hybridized carbons (Fsp3) is 1.00. The van der Waals surface area contributed by atoms with Gasteiger partial charge in [-0.15, -0.1) is 0 Å². The summed E-state index contributed by atoms with van der Waals surface area (Å²) in [5.74, 6) is 0.941. The van der Waals surface area contributed by atoms with Gasteiger partial charge in [-0.2, -0.15) is 0 Å². The third kappa shape index (κ3) is 1.42. The molecular formula is C9H18N2. The first-order valence-electron chi connectivity index (χ1n) is 4.70. The Kier molecular flexibility index (Phi) is 1.90. The lowest BCUT2D eigenvalue weighted by Gasteiger charge is -2.30. The summed E-state index contributed by atoms with van der Waals surface area (Å²) in [7, 11) is 2.23. The summed E-state index contributed by atoms with van der Waals surface area (Å²) in [6.07, 6.45) is 2.80. The van der Waals surface area contributed by atoms with E-state index in [9.17, 15) is 0 Å². The Morgan fingerprint density at radius 2 is 2.09 bits per heavy atom. The number of hydrogen-bond acceptors (Lipinski definition) is 2. The number of rotatable bonds is 0. The maximum atomic E-state index is 3.67. The number of hydrogen-bond donors (Lipinski definition) is 1. The molecule has 2 aliphatic rings. The van der Waals surface area contributed by atoms with Crippen molar-refractivity contribution < 1.29 is 0 Å². The molecule has 3 unspecified atom stereocenters. The van der Waals surface area contributed by atoms with E-state index in [-0.39, 0.29) is 0 Å². The molecule has 2 fully saturated rings. The average molecular weight is 154 g/mol. The molecule has 2 aliphatic heterocycles. The molecule has 0 aliphatic carbocycles. The predicted molar refractivity (Wildman–Crippen MR) is 46.6 cm³/mol. The Balaban J connectivity index is 1.97. The lowest BCUT2D eigenvalue weighted by Crippen LogP contribution is -2.45.